The van der Waals surface area contributed by atoms with Gasteiger partial charge in [-0.2, -0.15) is 0 Å². The Morgan fingerprint density at radius 3 is 2.70 bits per heavy atom. The molecule has 0 aliphatic rings. The Morgan fingerprint density at radius 1 is 1.17 bits per heavy atom. The van der Waals surface area contributed by atoms with Crippen molar-refractivity contribution in [1.82, 2.24) is 14.5 Å². The zero-order valence-electron chi connectivity index (χ0n) is 17.7. The quantitative estimate of drug-likeness (QED) is 0.511. The summed E-state index contributed by atoms with van der Waals surface area (Å²) in [5.74, 6) is 1.69. The minimum absolute atomic E-state index is 0.662. The van der Waals surface area contributed by atoms with E-state index in [1.807, 2.05) is 55.8 Å². The van der Waals surface area contributed by atoms with Crippen molar-refractivity contribution in [3.63, 3.8) is 0 Å². The topological polar surface area (TPSA) is 51.5 Å². The molecule has 1 N–H and O–H groups in total. The number of imidazole rings is 1. The van der Waals surface area contributed by atoms with E-state index < -0.39 is 0 Å². The van der Waals surface area contributed by atoms with Crippen LogP contribution in [0.2, 0.25) is 0 Å². The minimum atomic E-state index is 0.662. The lowest BCUT2D eigenvalue weighted by atomic mass is 10.1. The van der Waals surface area contributed by atoms with Gasteiger partial charge in [0.25, 0.3) is 0 Å². The number of aryl methyl sites for hydroxylation is 2. The highest BCUT2D eigenvalue weighted by molar-refractivity contribution is 7.80. The molecule has 0 aliphatic carbocycles. The first-order valence-corrected chi connectivity index (χ1v) is 10.3. The molecular weight excluding hydrogens is 396 g/mol. The second kappa shape index (κ2) is 10.6. The first kappa shape index (κ1) is 21.6. The van der Waals surface area contributed by atoms with Crippen molar-refractivity contribution in [3.8, 4) is 11.5 Å². The minimum Gasteiger partial charge on any atom is -0.497 e. The average Bonchev–Trinajstić information content (AvgIpc) is 3.28. The molecule has 7 heteroatoms. The second-order valence-corrected chi connectivity index (χ2v) is 7.39. The van der Waals surface area contributed by atoms with Crippen LogP contribution in [0.1, 0.15) is 17.5 Å². The molecule has 0 atom stereocenters. The molecule has 1 heterocycles. The van der Waals surface area contributed by atoms with Gasteiger partial charge in [0.2, 0.25) is 0 Å². The van der Waals surface area contributed by atoms with E-state index in [9.17, 15) is 0 Å². The summed E-state index contributed by atoms with van der Waals surface area (Å²) in [6.07, 6.45) is 6.55. The van der Waals surface area contributed by atoms with Crippen molar-refractivity contribution in [1.29, 1.82) is 0 Å². The van der Waals surface area contributed by atoms with Crippen LogP contribution >= 0.6 is 12.2 Å². The van der Waals surface area contributed by atoms with Crippen molar-refractivity contribution in [3.05, 3.63) is 72.3 Å². The number of ether oxygens (including phenoxy) is 2. The third-order valence-electron chi connectivity index (χ3n) is 4.92. The molecule has 30 heavy (non-hydrogen) atoms. The summed E-state index contributed by atoms with van der Waals surface area (Å²) >= 11 is 5.79. The Hall–Kier alpha value is -3.06. The summed E-state index contributed by atoms with van der Waals surface area (Å²) in [7, 11) is 3.36. The van der Waals surface area contributed by atoms with Crippen LogP contribution in [0.4, 0.5) is 5.69 Å². The molecule has 1 aromatic heterocycles. The van der Waals surface area contributed by atoms with Gasteiger partial charge in [-0.25, -0.2) is 4.98 Å². The van der Waals surface area contributed by atoms with Crippen LogP contribution in [0.3, 0.4) is 0 Å². The van der Waals surface area contributed by atoms with Gasteiger partial charge in [0.1, 0.15) is 11.5 Å². The molecule has 0 aliphatic heterocycles. The maximum absolute atomic E-state index is 5.79. The average molecular weight is 425 g/mol. The Balaban J connectivity index is 1.73. The summed E-state index contributed by atoms with van der Waals surface area (Å²) in [6.45, 7) is 4.38. The molecule has 0 fully saturated rings. The van der Waals surface area contributed by atoms with E-state index in [0.717, 1.165) is 47.8 Å². The predicted octanol–water partition coefficient (Wildman–Crippen LogP) is 4.50. The molecular formula is C23H28N4O2S. The van der Waals surface area contributed by atoms with Crippen LogP contribution in [0, 0.1) is 6.92 Å². The summed E-state index contributed by atoms with van der Waals surface area (Å²) in [4.78, 5) is 6.28. The summed E-state index contributed by atoms with van der Waals surface area (Å²) in [6, 6.07) is 14.0. The molecule has 0 saturated heterocycles. The van der Waals surface area contributed by atoms with E-state index in [1.54, 1.807) is 20.4 Å². The van der Waals surface area contributed by atoms with Gasteiger partial charge in [0.05, 0.1) is 20.5 Å². The molecule has 0 spiro atoms. The lowest BCUT2D eigenvalue weighted by molar-refractivity contribution is 0.372. The molecule has 3 aromatic rings. The zero-order chi connectivity index (χ0) is 21.3. The Kier molecular flexibility index (Phi) is 7.68. The fourth-order valence-corrected chi connectivity index (χ4v) is 3.52. The second-order valence-electron chi connectivity index (χ2n) is 7.00. The van der Waals surface area contributed by atoms with Crippen LogP contribution in [0.25, 0.3) is 0 Å². The highest BCUT2D eigenvalue weighted by atomic mass is 32.1. The number of anilines is 1. The Morgan fingerprint density at radius 2 is 2.00 bits per heavy atom. The third kappa shape index (κ3) is 5.73. The number of para-hydroxylation sites is 1. The number of benzene rings is 2. The SMILES string of the molecule is COc1ccc(NC(=S)N(CCCn2ccnc2)Cc2ccccc2OC)c(C)c1. The van der Waals surface area contributed by atoms with E-state index in [1.165, 1.54) is 0 Å². The standard InChI is InChI=1S/C23H28N4O2S/c1-18-15-20(28-2)9-10-21(18)25-23(30)27(13-6-12-26-14-11-24-17-26)16-19-7-4-5-8-22(19)29-3/h4-5,7-11,14-15,17H,6,12-13,16H2,1-3H3,(H,25,30). The van der Waals surface area contributed by atoms with Crippen molar-refractivity contribution in [2.45, 2.75) is 26.4 Å². The summed E-state index contributed by atoms with van der Waals surface area (Å²) in [5, 5.41) is 4.09. The van der Waals surface area contributed by atoms with Crippen LogP contribution in [0.5, 0.6) is 11.5 Å². The number of rotatable bonds is 9. The normalized spacial score (nSPS) is 10.5. The van der Waals surface area contributed by atoms with Gasteiger partial charge >= 0.3 is 0 Å². The van der Waals surface area contributed by atoms with Crippen molar-refractivity contribution >= 4 is 23.0 Å². The molecule has 3 rings (SSSR count). The van der Waals surface area contributed by atoms with Gasteiger partial charge in [-0.3, -0.25) is 0 Å². The lowest BCUT2D eigenvalue weighted by Crippen LogP contribution is -2.35. The molecule has 0 bridgehead atoms. The molecule has 0 amide bonds. The summed E-state index contributed by atoms with van der Waals surface area (Å²) in [5.41, 5.74) is 3.14. The molecule has 2 aromatic carbocycles. The number of hydrogen-bond donors (Lipinski definition) is 1. The molecule has 0 radical (unpaired) electrons. The summed E-state index contributed by atoms with van der Waals surface area (Å²) < 4.78 is 12.9. The number of thiocarbonyl (C=S) groups is 1. The van der Waals surface area contributed by atoms with E-state index >= 15 is 0 Å². The highest BCUT2D eigenvalue weighted by Gasteiger charge is 2.14. The molecule has 0 saturated carbocycles. The van der Waals surface area contributed by atoms with Gasteiger partial charge in [-0.15, -0.1) is 0 Å². The van der Waals surface area contributed by atoms with Gasteiger partial charge in [-0.05, 0) is 55.4 Å². The lowest BCUT2D eigenvalue weighted by Gasteiger charge is -2.27. The number of nitrogens with zero attached hydrogens (tertiary/aromatic N) is 3. The first-order valence-electron chi connectivity index (χ1n) is 9.89. The predicted molar refractivity (Wildman–Crippen MR) is 124 cm³/mol. The van der Waals surface area contributed by atoms with Gasteiger partial charge in [0, 0.05) is 43.3 Å². The third-order valence-corrected chi connectivity index (χ3v) is 5.28. The number of hydrogen-bond acceptors (Lipinski definition) is 4. The highest BCUT2D eigenvalue weighted by Crippen LogP contribution is 2.23. The van der Waals surface area contributed by atoms with E-state index in [0.29, 0.717) is 11.7 Å². The monoisotopic (exact) mass is 424 g/mol. The number of methoxy groups -OCH3 is 2. The number of aromatic nitrogens is 2. The van der Waals surface area contributed by atoms with E-state index in [2.05, 4.69) is 25.8 Å². The van der Waals surface area contributed by atoms with E-state index in [4.69, 9.17) is 21.7 Å². The Bertz CT molecular complexity index is 960. The first-order chi connectivity index (χ1) is 14.6. The van der Waals surface area contributed by atoms with Crippen molar-refractivity contribution in [2.24, 2.45) is 0 Å². The number of nitrogens with one attached hydrogen (secondary N) is 1. The van der Waals surface area contributed by atoms with Crippen LogP contribution in [-0.2, 0) is 13.1 Å². The van der Waals surface area contributed by atoms with Gasteiger partial charge in [0.15, 0.2) is 5.11 Å². The fourth-order valence-electron chi connectivity index (χ4n) is 3.25. The van der Waals surface area contributed by atoms with Crippen LogP contribution in [-0.4, -0.2) is 40.3 Å². The van der Waals surface area contributed by atoms with E-state index in [-0.39, 0.29) is 0 Å². The van der Waals surface area contributed by atoms with Crippen molar-refractivity contribution in [2.75, 3.05) is 26.1 Å². The molecule has 6 nitrogen and oxygen atoms in total. The maximum atomic E-state index is 5.79. The zero-order valence-corrected chi connectivity index (χ0v) is 18.5. The fraction of sp³-hybridized carbons (Fsp3) is 0.304. The van der Waals surface area contributed by atoms with Gasteiger partial charge in [-0.1, -0.05) is 18.2 Å². The molecule has 0 unspecified atom stereocenters. The largest absolute Gasteiger partial charge is 0.497 e. The molecule has 158 valence electrons. The van der Waals surface area contributed by atoms with Crippen LogP contribution < -0.4 is 14.8 Å². The Labute approximate surface area is 183 Å². The van der Waals surface area contributed by atoms with Gasteiger partial charge < -0.3 is 24.3 Å². The smallest absolute Gasteiger partial charge is 0.173 e. The van der Waals surface area contributed by atoms with Crippen molar-refractivity contribution < 1.29 is 9.47 Å². The van der Waals surface area contributed by atoms with Crippen LogP contribution in [0.15, 0.2) is 61.2 Å². The maximum Gasteiger partial charge on any atom is 0.173 e.